The van der Waals surface area contributed by atoms with Crippen molar-refractivity contribution in [3.63, 3.8) is 0 Å². The van der Waals surface area contributed by atoms with E-state index in [0.29, 0.717) is 6.54 Å². The summed E-state index contributed by atoms with van der Waals surface area (Å²) < 4.78 is 5.12. The molecule has 0 spiro atoms. The molecule has 21 heavy (non-hydrogen) atoms. The van der Waals surface area contributed by atoms with E-state index >= 15 is 0 Å². The Labute approximate surface area is 126 Å². The first-order chi connectivity index (χ1) is 10.2. The minimum Gasteiger partial charge on any atom is -0.497 e. The molecule has 0 aliphatic carbocycles. The summed E-state index contributed by atoms with van der Waals surface area (Å²) in [6, 6.07) is 7.79. The topological polar surface area (TPSA) is 44.8 Å². The van der Waals surface area contributed by atoms with Crippen LogP contribution in [0.5, 0.6) is 5.75 Å². The second-order valence-electron chi connectivity index (χ2n) is 5.34. The maximum atomic E-state index is 12.1. The summed E-state index contributed by atoms with van der Waals surface area (Å²) >= 11 is 0. The molecule has 5 nitrogen and oxygen atoms in total. The lowest BCUT2D eigenvalue weighted by Crippen LogP contribution is -2.51. The lowest BCUT2D eigenvalue weighted by Gasteiger charge is -2.34. The average molecular weight is 291 g/mol. The van der Waals surface area contributed by atoms with Crippen molar-refractivity contribution in [3.8, 4) is 5.75 Å². The molecule has 2 amide bonds. The van der Waals surface area contributed by atoms with Gasteiger partial charge in [0.2, 0.25) is 0 Å². The molecule has 5 heteroatoms. The first-order valence-corrected chi connectivity index (χ1v) is 7.61. The highest BCUT2D eigenvalue weighted by atomic mass is 16.5. The second kappa shape index (κ2) is 7.88. The van der Waals surface area contributed by atoms with E-state index in [-0.39, 0.29) is 6.03 Å². The number of piperazine rings is 1. The Kier molecular flexibility index (Phi) is 5.87. The molecule has 0 saturated carbocycles. The molecule has 0 radical (unpaired) electrons. The molecule has 0 atom stereocenters. The molecule has 1 aliphatic heterocycles. The number of methoxy groups -OCH3 is 1. The molecule has 1 aromatic rings. The first-order valence-electron chi connectivity index (χ1n) is 7.61. The molecule has 0 unspecified atom stereocenters. The molecule has 1 aromatic carbocycles. The van der Waals surface area contributed by atoms with Gasteiger partial charge in [0.15, 0.2) is 0 Å². The normalized spacial score (nSPS) is 15.8. The van der Waals surface area contributed by atoms with Gasteiger partial charge in [-0.15, -0.1) is 0 Å². The van der Waals surface area contributed by atoms with E-state index in [0.717, 1.165) is 44.0 Å². The summed E-state index contributed by atoms with van der Waals surface area (Å²) in [6.07, 6.45) is 1.17. The fourth-order valence-electron chi connectivity index (χ4n) is 2.52. The van der Waals surface area contributed by atoms with Gasteiger partial charge in [0.25, 0.3) is 0 Å². The van der Waals surface area contributed by atoms with Crippen LogP contribution in [0.1, 0.15) is 18.9 Å². The van der Waals surface area contributed by atoms with E-state index in [1.807, 2.05) is 29.2 Å². The molecular formula is C16H25N3O2. The predicted molar refractivity (Wildman–Crippen MR) is 83.5 cm³/mol. The third-order valence-electron chi connectivity index (χ3n) is 3.80. The quantitative estimate of drug-likeness (QED) is 0.901. The van der Waals surface area contributed by atoms with E-state index < -0.39 is 0 Å². The number of hydrogen-bond donors (Lipinski definition) is 1. The van der Waals surface area contributed by atoms with Gasteiger partial charge in [0.05, 0.1) is 7.11 Å². The SMILES string of the molecule is CCCN1CCN(C(=O)NCc2ccc(OC)cc2)CC1. The fraction of sp³-hybridized carbons (Fsp3) is 0.562. The number of urea groups is 1. The van der Waals surface area contributed by atoms with Crippen molar-refractivity contribution in [2.75, 3.05) is 39.8 Å². The third-order valence-corrected chi connectivity index (χ3v) is 3.80. The lowest BCUT2D eigenvalue weighted by atomic mass is 10.2. The predicted octanol–water partition coefficient (Wildman–Crippen LogP) is 1.93. The molecule has 0 aromatic heterocycles. The number of amides is 2. The van der Waals surface area contributed by atoms with Gasteiger partial charge in [-0.1, -0.05) is 19.1 Å². The maximum Gasteiger partial charge on any atom is 0.317 e. The first kappa shape index (κ1) is 15.6. The zero-order valence-corrected chi connectivity index (χ0v) is 13.0. The molecule has 1 heterocycles. The molecule has 1 fully saturated rings. The van der Waals surface area contributed by atoms with Crippen molar-refractivity contribution < 1.29 is 9.53 Å². The summed E-state index contributed by atoms with van der Waals surface area (Å²) in [5.41, 5.74) is 1.08. The van der Waals surface area contributed by atoms with Gasteiger partial charge < -0.3 is 15.0 Å². The zero-order chi connectivity index (χ0) is 15.1. The van der Waals surface area contributed by atoms with Crippen LogP contribution >= 0.6 is 0 Å². The van der Waals surface area contributed by atoms with Gasteiger partial charge in [-0.2, -0.15) is 0 Å². The summed E-state index contributed by atoms with van der Waals surface area (Å²) in [7, 11) is 1.65. The van der Waals surface area contributed by atoms with Crippen LogP contribution in [0.3, 0.4) is 0 Å². The van der Waals surface area contributed by atoms with Crippen LogP contribution in [-0.2, 0) is 6.54 Å². The highest BCUT2D eigenvalue weighted by Gasteiger charge is 2.19. The number of rotatable bonds is 5. The van der Waals surface area contributed by atoms with Gasteiger partial charge in [-0.05, 0) is 30.7 Å². The Morgan fingerprint density at radius 3 is 2.43 bits per heavy atom. The summed E-state index contributed by atoms with van der Waals surface area (Å²) in [5.74, 6) is 0.831. The summed E-state index contributed by atoms with van der Waals surface area (Å²) in [4.78, 5) is 16.4. The van der Waals surface area contributed by atoms with Crippen LogP contribution in [0.25, 0.3) is 0 Å². The number of carbonyl (C=O) groups is 1. The second-order valence-corrected chi connectivity index (χ2v) is 5.34. The molecular weight excluding hydrogens is 266 g/mol. The number of benzene rings is 1. The van der Waals surface area contributed by atoms with Crippen molar-refractivity contribution >= 4 is 6.03 Å². The number of nitrogens with one attached hydrogen (secondary N) is 1. The molecule has 2 rings (SSSR count). The van der Waals surface area contributed by atoms with E-state index in [1.165, 1.54) is 6.42 Å². The number of hydrogen-bond acceptors (Lipinski definition) is 3. The third kappa shape index (κ3) is 4.63. The highest BCUT2D eigenvalue weighted by Crippen LogP contribution is 2.11. The number of nitrogens with zero attached hydrogens (tertiary/aromatic N) is 2. The van der Waals surface area contributed by atoms with Crippen LogP contribution in [0.2, 0.25) is 0 Å². The van der Waals surface area contributed by atoms with Crippen LogP contribution in [0, 0.1) is 0 Å². The Morgan fingerprint density at radius 2 is 1.86 bits per heavy atom. The van der Waals surface area contributed by atoms with Crippen molar-refractivity contribution in [2.24, 2.45) is 0 Å². The summed E-state index contributed by atoms with van der Waals surface area (Å²) in [5, 5.41) is 2.98. The van der Waals surface area contributed by atoms with E-state index in [9.17, 15) is 4.79 Å². The van der Waals surface area contributed by atoms with E-state index in [4.69, 9.17) is 4.74 Å². The van der Waals surface area contributed by atoms with Crippen LogP contribution in [0.15, 0.2) is 24.3 Å². The molecule has 1 saturated heterocycles. The summed E-state index contributed by atoms with van der Waals surface area (Å²) in [6.45, 7) is 7.45. The molecule has 1 N–H and O–H groups in total. The molecule has 116 valence electrons. The standard InChI is InChI=1S/C16H25N3O2/c1-3-8-18-9-11-19(12-10-18)16(20)17-13-14-4-6-15(21-2)7-5-14/h4-7H,3,8-13H2,1-2H3,(H,17,20). The van der Waals surface area contributed by atoms with Gasteiger partial charge in [-0.25, -0.2) is 4.79 Å². The molecule has 0 bridgehead atoms. The number of ether oxygens (including phenoxy) is 1. The van der Waals surface area contributed by atoms with E-state index in [1.54, 1.807) is 7.11 Å². The Morgan fingerprint density at radius 1 is 1.19 bits per heavy atom. The van der Waals surface area contributed by atoms with Gasteiger partial charge in [0, 0.05) is 32.7 Å². The smallest absolute Gasteiger partial charge is 0.317 e. The van der Waals surface area contributed by atoms with Crippen molar-refractivity contribution in [1.82, 2.24) is 15.1 Å². The highest BCUT2D eigenvalue weighted by molar-refractivity contribution is 5.74. The van der Waals surface area contributed by atoms with Crippen molar-refractivity contribution in [3.05, 3.63) is 29.8 Å². The number of carbonyl (C=O) groups excluding carboxylic acids is 1. The van der Waals surface area contributed by atoms with Crippen molar-refractivity contribution in [1.29, 1.82) is 0 Å². The Hall–Kier alpha value is -1.75. The lowest BCUT2D eigenvalue weighted by molar-refractivity contribution is 0.139. The Bertz CT molecular complexity index is 439. The van der Waals surface area contributed by atoms with Crippen molar-refractivity contribution in [2.45, 2.75) is 19.9 Å². The van der Waals surface area contributed by atoms with E-state index in [2.05, 4.69) is 17.1 Å². The maximum absolute atomic E-state index is 12.1. The molecule has 1 aliphatic rings. The largest absolute Gasteiger partial charge is 0.497 e. The minimum atomic E-state index is 0.0296. The van der Waals surface area contributed by atoms with Gasteiger partial charge in [0.1, 0.15) is 5.75 Å². The monoisotopic (exact) mass is 291 g/mol. The zero-order valence-electron chi connectivity index (χ0n) is 13.0. The van der Waals surface area contributed by atoms with Crippen LogP contribution in [0.4, 0.5) is 4.79 Å². The van der Waals surface area contributed by atoms with Crippen LogP contribution < -0.4 is 10.1 Å². The Balaban J connectivity index is 1.74. The van der Waals surface area contributed by atoms with Crippen LogP contribution in [-0.4, -0.2) is 55.7 Å². The fourth-order valence-corrected chi connectivity index (χ4v) is 2.52. The minimum absolute atomic E-state index is 0.0296. The van der Waals surface area contributed by atoms with Gasteiger partial charge >= 0.3 is 6.03 Å². The van der Waals surface area contributed by atoms with Gasteiger partial charge in [-0.3, -0.25) is 4.90 Å². The average Bonchev–Trinajstić information content (AvgIpc) is 2.54.